The zero-order valence-corrected chi connectivity index (χ0v) is 22.8. The molecule has 2 aromatic carbocycles. The van der Waals surface area contributed by atoms with Crippen molar-refractivity contribution in [3.63, 3.8) is 0 Å². The molecule has 200 valence electrons. The first-order chi connectivity index (χ1) is 19.0. The van der Waals surface area contributed by atoms with E-state index in [0.29, 0.717) is 65.9 Å². The van der Waals surface area contributed by atoms with E-state index in [1.165, 1.54) is 0 Å². The van der Waals surface area contributed by atoms with Crippen LogP contribution in [0.2, 0.25) is 5.02 Å². The minimum Gasteiger partial charge on any atom is -0.611 e. The molecule has 4 aromatic rings. The van der Waals surface area contributed by atoms with Crippen LogP contribution >= 0.6 is 11.6 Å². The van der Waals surface area contributed by atoms with Crippen LogP contribution in [-0.2, 0) is 46.5 Å². The number of anilines is 3. The highest BCUT2D eigenvalue weighted by Crippen LogP contribution is 2.35. The van der Waals surface area contributed by atoms with E-state index in [9.17, 15) is 9.35 Å². The molecule has 1 N–H and O–H groups in total. The summed E-state index contributed by atoms with van der Waals surface area (Å²) >= 11 is 4.85. The number of fused-ring (bicyclic) bond motifs is 2. The second-order valence-electron chi connectivity index (χ2n) is 9.32. The maximum Gasteiger partial charge on any atom is 0.310 e. The summed E-state index contributed by atoms with van der Waals surface area (Å²) in [6, 6.07) is 14.9. The quantitative estimate of drug-likeness (QED) is 0.248. The van der Waals surface area contributed by atoms with Gasteiger partial charge in [0.2, 0.25) is 16.7 Å². The highest BCUT2D eigenvalue weighted by atomic mass is 35.5. The molecule has 1 atom stereocenters. The number of hydrogen-bond acceptors (Lipinski definition) is 9. The Morgan fingerprint density at radius 3 is 2.67 bits per heavy atom. The standard InChI is InChI=1S/C28H26ClN5O4S/c1-2-37-24(35)15-17-3-9-20(10-4-17)30-26-25-21(12-14-39(25)36)32-28(33-26)34-13-11-23-22(16-34)31-27(38-23)18-5-7-19(29)8-6-18/h3-10H,2,11-16H2,1H3,(H,30,32,33)/t39-/m1/s1. The minimum absolute atomic E-state index is 0.212. The number of rotatable bonds is 7. The van der Waals surface area contributed by atoms with Crippen molar-refractivity contribution in [2.75, 3.05) is 29.1 Å². The van der Waals surface area contributed by atoms with Gasteiger partial charge in [0, 0.05) is 35.7 Å². The molecular formula is C28H26ClN5O4S. The predicted octanol–water partition coefficient (Wildman–Crippen LogP) is 4.86. The van der Waals surface area contributed by atoms with Crippen molar-refractivity contribution in [1.82, 2.24) is 15.0 Å². The summed E-state index contributed by atoms with van der Waals surface area (Å²) in [5.74, 6) is 2.80. The average molecular weight is 564 g/mol. The van der Waals surface area contributed by atoms with E-state index in [2.05, 4.69) is 10.2 Å². The van der Waals surface area contributed by atoms with Crippen molar-refractivity contribution >= 4 is 46.2 Å². The molecule has 0 saturated heterocycles. The summed E-state index contributed by atoms with van der Waals surface area (Å²) in [7, 11) is 0. The summed E-state index contributed by atoms with van der Waals surface area (Å²) in [4.78, 5) is 28.9. The van der Waals surface area contributed by atoms with Gasteiger partial charge in [-0.25, -0.2) is 9.97 Å². The van der Waals surface area contributed by atoms with Gasteiger partial charge < -0.3 is 23.9 Å². The fraction of sp³-hybridized carbons (Fsp3) is 0.286. The fourth-order valence-corrected chi connectivity index (χ4v) is 6.15. The van der Waals surface area contributed by atoms with Gasteiger partial charge >= 0.3 is 5.97 Å². The zero-order valence-electron chi connectivity index (χ0n) is 21.3. The Bertz CT molecular complexity index is 1510. The molecule has 0 saturated carbocycles. The normalized spacial score (nSPS) is 16.1. The zero-order chi connectivity index (χ0) is 26.9. The molecule has 39 heavy (non-hydrogen) atoms. The molecule has 0 aliphatic carbocycles. The van der Waals surface area contributed by atoms with Gasteiger partial charge in [-0.15, -0.1) is 0 Å². The molecular weight excluding hydrogens is 538 g/mol. The van der Waals surface area contributed by atoms with Crippen molar-refractivity contribution in [3.05, 3.63) is 76.3 Å². The van der Waals surface area contributed by atoms with Gasteiger partial charge in [-0.05, 0) is 60.1 Å². The third-order valence-corrected chi connectivity index (χ3v) is 8.36. The number of oxazole rings is 1. The maximum absolute atomic E-state index is 12.8. The number of aromatic nitrogens is 3. The van der Waals surface area contributed by atoms with Gasteiger partial charge in [0.1, 0.15) is 22.9 Å². The smallest absolute Gasteiger partial charge is 0.310 e. The minimum atomic E-state index is -1.17. The van der Waals surface area contributed by atoms with Gasteiger partial charge in [0.05, 0.1) is 19.6 Å². The van der Waals surface area contributed by atoms with Crippen molar-refractivity contribution in [3.8, 4) is 11.5 Å². The lowest BCUT2D eigenvalue weighted by molar-refractivity contribution is -0.142. The third kappa shape index (κ3) is 5.45. The van der Waals surface area contributed by atoms with Crippen LogP contribution < -0.4 is 10.2 Å². The predicted molar refractivity (Wildman–Crippen MR) is 149 cm³/mol. The number of ether oxygens (including phenoxy) is 1. The molecule has 0 unspecified atom stereocenters. The average Bonchev–Trinajstić information content (AvgIpc) is 3.53. The lowest BCUT2D eigenvalue weighted by Crippen LogP contribution is -2.32. The fourth-order valence-electron chi connectivity index (χ4n) is 4.72. The monoisotopic (exact) mass is 563 g/mol. The molecule has 0 radical (unpaired) electrons. The van der Waals surface area contributed by atoms with Gasteiger partial charge in [0.15, 0.2) is 5.82 Å². The van der Waals surface area contributed by atoms with Crippen molar-refractivity contribution in [2.24, 2.45) is 0 Å². The Kier molecular flexibility index (Phi) is 7.16. The molecule has 0 bridgehead atoms. The Morgan fingerprint density at radius 1 is 1.10 bits per heavy atom. The van der Waals surface area contributed by atoms with Crippen LogP contribution in [0, 0.1) is 0 Å². The van der Waals surface area contributed by atoms with Crippen LogP contribution in [0.4, 0.5) is 17.5 Å². The molecule has 4 heterocycles. The largest absolute Gasteiger partial charge is 0.611 e. The van der Waals surface area contributed by atoms with E-state index in [0.717, 1.165) is 34.0 Å². The second kappa shape index (κ2) is 10.9. The number of carbonyl (C=O) groups excluding carboxylic acids is 1. The van der Waals surface area contributed by atoms with Crippen LogP contribution in [0.25, 0.3) is 11.5 Å². The second-order valence-corrected chi connectivity index (χ2v) is 11.3. The molecule has 6 rings (SSSR count). The van der Waals surface area contributed by atoms with E-state index in [-0.39, 0.29) is 12.4 Å². The van der Waals surface area contributed by atoms with Crippen LogP contribution in [-0.4, -0.2) is 44.4 Å². The van der Waals surface area contributed by atoms with Gasteiger partial charge in [-0.1, -0.05) is 23.7 Å². The molecule has 2 aliphatic heterocycles. The Balaban J connectivity index is 1.24. The maximum atomic E-state index is 12.8. The van der Waals surface area contributed by atoms with Gasteiger partial charge in [0.25, 0.3) is 0 Å². The molecule has 11 heteroatoms. The van der Waals surface area contributed by atoms with Crippen LogP contribution in [0.15, 0.2) is 57.8 Å². The van der Waals surface area contributed by atoms with Crippen molar-refractivity contribution in [2.45, 2.75) is 37.6 Å². The summed E-state index contributed by atoms with van der Waals surface area (Å²) in [5.41, 5.74) is 4.16. The van der Waals surface area contributed by atoms with Crippen molar-refractivity contribution in [1.29, 1.82) is 0 Å². The summed E-state index contributed by atoms with van der Waals surface area (Å²) < 4.78 is 23.9. The van der Waals surface area contributed by atoms with Crippen LogP contribution in [0.3, 0.4) is 0 Å². The molecule has 0 spiro atoms. The molecule has 9 nitrogen and oxygen atoms in total. The van der Waals surface area contributed by atoms with E-state index < -0.39 is 11.2 Å². The highest BCUT2D eigenvalue weighted by molar-refractivity contribution is 7.91. The van der Waals surface area contributed by atoms with Crippen LogP contribution in [0.5, 0.6) is 0 Å². The van der Waals surface area contributed by atoms with E-state index in [4.69, 9.17) is 35.7 Å². The van der Waals surface area contributed by atoms with E-state index in [1.807, 2.05) is 48.5 Å². The third-order valence-electron chi connectivity index (χ3n) is 6.65. The first kappa shape index (κ1) is 25.7. The first-order valence-electron chi connectivity index (χ1n) is 12.8. The van der Waals surface area contributed by atoms with E-state index >= 15 is 0 Å². The number of nitrogens with one attached hydrogen (secondary N) is 1. The summed E-state index contributed by atoms with van der Waals surface area (Å²) in [6.45, 7) is 3.33. The number of esters is 1. The van der Waals surface area contributed by atoms with Crippen molar-refractivity contribution < 1.29 is 18.5 Å². The van der Waals surface area contributed by atoms with E-state index in [1.54, 1.807) is 6.92 Å². The number of carbonyl (C=O) groups is 1. The number of halogens is 1. The molecule has 0 amide bonds. The molecule has 0 fully saturated rings. The Labute approximate surface area is 233 Å². The number of nitrogens with zero attached hydrogens (tertiary/aromatic N) is 4. The van der Waals surface area contributed by atoms with Crippen LogP contribution in [0.1, 0.15) is 29.6 Å². The number of hydrogen-bond donors (Lipinski definition) is 1. The highest BCUT2D eigenvalue weighted by Gasteiger charge is 2.34. The summed E-state index contributed by atoms with van der Waals surface area (Å²) in [5, 5.41) is 4.00. The topological polar surface area (TPSA) is 116 Å². The first-order valence-corrected chi connectivity index (χ1v) is 14.5. The SMILES string of the molecule is CCOC(=O)Cc1ccc(Nc2nc(N3CCc4oc(-c5ccc(Cl)cc5)nc4C3)nc3c2[S@+]([O-])CC3)cc1. The number of benzene rings is 2. The van der Waals surface area contributed by atoms with Gasteiger partial charge in [-0.3, -0.25) is 4.79 Å². The summed E-state index contributed by atoms with van der Waals surface area (Å²) in [6.07, 6.45) is 1.52. The van der Waals surface area contributed by atoms with Gasteiger partial charge in [-0.2, -0.15) is 4.98 Å². The Hall–Kier alpha value is -3.60. The Morgan fingerprint density at radius 2 is 1.90 bits per heavy atom. The number of aryl methyl sites for hydroxylation is 1. The lowest BCUT2D eigenvalue weighted by atomic mass is 10.1. The lowest BCUT2D eigenvalue weighted by Gasteiger charge is -2.26. The molecule has 2 aromatic heterocycles. The molecule has 2 aliphatic rings.